The highest BCUT2D eigenvalue weighted by Crippen LogP contribution is 2.21. The number of anilines is 5. The predicted octanol–water partition coefficient (Wildman–Crippen LogP) is 6.70. The molecule has 0 aliphatic carbocycles. The van der Waals surface area contributed by atoms with E-state index in [1.807, 2.05) is 34.2 Å². The van der Waals surface area contributed by atoms with E-state index in [0.29, 0.717) is 60.7 Å². The molecule has 0 fully saturated rings. The van der Waals surface area contributed by atoms with Crippen LogP contribution in [0.25, 0.3) is 0 Å². The highest BCUT2D eigenvalue weighted by atomic mass is 28.4. The molecule has 0 spiro atoms. The average Bonchev–Trinajstić information content (AvgIpc) is 2.96. The van der Waals surface area contributed by atoms with Crippen LogP contribution in [-0.4, -0.2) is 68.3 Å². The lowest BCUT2D eigenvalue weighted by Crippen LogP contribution is -2.45. The summed E-state index contributed by atoms with van der Waals surface area (Å²) in [6.45, 7) is 17.2. The highest BCUT2D eigenvalue weighted by Gasteiger charge is 2.32. The summed E-state index contributed by atoms with van der Waals surface area (Å²) < 4.78 is 16.7. The summed E-state index contributed by atoms with van der Waals surface area (Å²) in [4.78, 5) is 49.0. The fraction of sp³-hybridized carbons (Fsp3) is 0.469. The number of aromatic nitrogens is 3. The minimum Gasteiger partial charge on any atom is -0.462 e. The van der Waals surface area contributed by atoms with Crippen molar-refractivity contribution in [3.63, 3.8) is 0 Å². The van der Waals surface area contributed by atoms with E-state index in [1.165, 1.54) is 0 Å². The van der Waals surface area contributed by atoms with Gasteiger partial charge in [-0.2, -0.15) is 15.0 Å². The molecule has 3 rings (SSSR count). The van der Waals surface area contributed by atoms with Crippen LogP contribution in [-0.2, 0) is 13.6 Å². The number of rotatable bonds is 17. The van der Waals surface area contributed by atoms with Crippen molar-refractivity contribution in [3.05, 3.63) is 59.7 Å². The van der Waals surface area contributed by atoms with Gasteiger partial charge in [0, 0.05) is 17.9 Å². The second-order valence-corrected chi connectivity index (χ2v) is 21.0. The van der Waals surface area contributed by atoms with E-state index in [1.54, 1.807) is 48.5 Å². The molecule has 0 saturated carbocycles. The van der Waals surface area contributed by atoms with Gasteiger partial charge in [0.1, 0.15) is 0 Å². The molecule has 0 radical (unpaired) electrons. The van der Waals surface area contributed by atoms with E-state index in [2.05, 4.69) is 50.5 Å². The molecule has 4 N–H and O–H groups in total. The Morgan fingerprint density at radius 3 is 1.52 bits per heavy atom. The molecule has 1 atom stereocenters. The Hall–Kier alpha value is -3.86. The molecule has 14 heteroatoms. The number of esters is 2. The lowest BCUT2D eigenvalue weighted by Gasteiger charge is -2.29. The number of benzene rings is 2. The van der Waals surface area contributed by atoms with Gasteiger partial charge in [-0.25, -0.2) is 9.59 Å². The van der Waals surface area contributed by atoms with Gasteiger partial charge in [-0.15, -0.1) is 0 Å². The third-order valence-corrected chi connectivity index (χ3v) is 11.6. The monoisotopic (exact) mass is 668 g/mol. The van der Waals surface area contributed by atoms with Gasteiger partial charge in [-0.05, 0) is 99.0 Å². The Kier molecular flexibility index (Phi) is 13.2. The number of carbonyl (C=O) groups excluding carboxylic acids is 2. The van der Waals surface area contributed by atoms with Crippen molar-refractivity contribution < 1.29 is 28.0 Å². The SMILES string of the molecule is CC(C)COC(=O)c1ccc(Nc2nc(NCCC[Si](C)(O)O[Si](C)(C)C)nc(Nc3ccc(C(=O)OCC(C)C)cc3)n2)cc1. The zero-order valence-corrected chi connectivity index (χ0v) is 30.1. The van der Waals surface area contributed by atoms with Crippen LogP contribution in [0, 0.1) is 11.8 Å². The first kappa shape index (κ1) is 36.6. The maximum Gasteiger partial charge on any atom is 0.338 e. The van der Waals surface area contributed by atoms with E-state index >= 15 is 0 Å². The van der Waals surface area contributed by atoms with Gasteiger partial charge < -0.3 is 34.3 Å². The molecule has 46 heavy (non-hydrogen) atoms. The number of nitrogens with one attached hydrogen (secondary N) is 3. The summed E-state index contributed by atoms with van der Waals surface area (Å²) >= 11 is 0. The molecule has 0 amide bonds. The second-order valence-electron chi connectivity index (χ2n) is 13.1. The quantitative estimate of drug-likeness (QED) is 0.0686. The second kappa shape index (κ2) is 16.6. The molecular weight excluding hydrogens is 621 g/mol. The van der Waals surface area contributed by atoms with Gasteiger partial charge in [0.15, 0.2) is 8.32 Å². The Morgan fingerprint density at radius 2 is 1.13 bits per heavy atom. The topological polar surface area (TPSA) is 157 Å². The average molecular weight is 669 g/mol. The van der Waals surface area contributed by atoms with E-state index < -0.39 is 16.9 Å². The third-order valence-electron chi connectivity index (χ3n) is 6.11. The van der Waals surface area contributed by atoms with Gasteiger partial charge in [0.2, 0.25) is 17.8 Å². The molecule has 0 aliphatic heterocycles. The zero-order valence-electron chi connectivity index (χ0n) is 28.1. The molecule has 2 aromatic carbocycles. The van der Waals surface area contributed by atoms with Crippen molar-refractivity contribution in [2.45, 2.75) is 66.3 Å². The Balaban J connectivity index is 1.75. The van der Waals surface area contributed by atoms with Crippen LogP contribution in [0.2, 0.25) is 32.2 Å². The highest BCUT2D eigenvalue weighted by molar-refractivity contribution is 6.81. The van der Waals surface area contributed by atoms with Crippen molar-refractivity contribution in [3.8, 4) is 0 Å². The predicted molar refractivity (Wildman–Crippen MR) is 186 cm³/mol. The first-order chi connectivity index (χ1) is 21.6. The normalized spacial score (nSPS) is 12.8. The van der Waals surface area contributed by atoms with Crippen molar-refractivity contribution in [2.75, 3.05) is 35.7 Å². The Bertz CT molecular complexity index is 1340. The maximum atomic E-state index is 12.3. The summed E-state index contributed by atoms with van der Waals surface area (Å²) in [6.07, 6.45) is 0.670. The summed E-state index contributed by atoms with van der Waals surface area (Å²) in [6, 6.07) is 14.3. The van der Waals surface area contributed by atoms with Gasteiger partial charge in [0.25, 0.3) is 0 Å². The van der Waals surface area contributed by atoms with Crippen LogP contribution in [0.4, 0.5) is 29.2 Å². The van der Waals surface area contributed by atoms with Crippen molar-refractivity contribution in [1.29, 1.82) is 0 Å². The van der Waals surface area contributed by atoms with Crippen LogP contribution < -0.4 is 16.0 Å². The van der Waals surface area contributed by atoms with Crippen molar-refractivity contribution >= 4 is 58.0 Å². The summed E-state index contributed by atoms with van der Waals surface area (Å²) in [5.74, 6) is 0.606. The van der Waals surface area contributed by atoms with E-state index in [4.69, 9.17) is 13.6 Å². The lowest BCUT2D eigenvalue weighted by atomic mass is 10.2. The van der Waals surface area contributed by atoms with Gasteiger partial charge in [0.05, 0.1) is 24.3 Å². The summed E-state index contributed by atoms with van der Waals surface area (Å²) in [5.41, 5.74) is 2.22. The number of nitrogens with zero attached hydrogens (tertiary/aromatic N) is 3. The summed E-state index contributed by atoms with van der Waals surface area (Å²) in [5, 5.41) is 9.57. The lowest BCUT2D eigenvalue weighted by molar-refractivity contribution is 0.0450. The zero-order chi connectivity index (χ0) is 33.9. The van der Waals surface area contributed by atoms with E-state index in [0.717, 1.165) is 0 Å². The van der Waals surface area contributed by atoms with E-state index in [9.17, 15) is 14.4 Å². The third kappa shape index (κ3) is 13.2. The molecule has 250 valence electrons. The maximum absolute atomic E-state index is 12.3. The molecule has 0 saturated heterocycles. The van der Waals surface area contributed by atoms with E-state index in [-0.39, 0.29) is 35.7 Å². The van der Waals surface area contributed by atoms with Crippen LogP contribution >= 0.6 is 0 Å². The number of carbonyl (C=O) groups is 2. The Labute approximate surface area is 274 Å². The van der Waals surface area contributed by atoms with Crippen LogP contribution in [0.5, 0.6) is 0 Å². The summed E-state index contributed by atoms with van der Waals surface area (Å²) in [7, 11) is -4.62. The first-order valence-corrected chi connectivity index (χ1v) is 21.6. The molecule has 0 bridgehead atoms. The van der Waals surface area contributed by atoms with Gasteiger partial charge in [-0.3, -0.25) is 0 Å². The largest absolute Gasteiger partial charge is 0.462 e. The van der Waals surface area contributed by atoms with Crippen LogP contribution in [0.3, 0.4) is 0 Å². The molecule has 1 aromatic heterocycles. The number of hydrogen-bond donors (Lipinski definition) is 4. The fourth-order valence-electron chi connectivity index (χ4n) is 4.18. The number of hydrogen-bond acceptors (Lipinski definition) is 12. The van der Waals surface area contributed by atoms with Crippen LogP contribution in [0.15, 0.2) is 48.5 Å². The molecule has 0 aliphatic rings. The van der Waals surface area contributed by atoms with Crippen molar-refractivity contribution in [2.24, 2.45) is 11.8 Å². The molecule has 12 nitrogen and oxygen atoms in total. The number of ether oxygens (including phenoxy) is 2. The molecule has 1 heterocycles. The van der Waals surface area contributed by atoms with Gasteiger partial charge >= 0.3 is 20.5 Å². The van der Waals surface area contributed by atoms with Crippen molar-refractivity contribution in [1.82, 2.24) is 15.0 Å². The molecule has 3 aromatic rings. The van der Waals surface area contributed by atoms with Crippen LogP contribution in [0.1, 0.15) is 54.8 Å². The van der Waals surface area contributed by atoms with Gasteiger partial charge in [-0.1, -0.05) is 27.7 Å². The molecule has 1 unspecified atom stereocenters. The standard InChI is InChI=1S/C32H48N6O6Si2/c1-22(2)20-42-28(39)24-10-14-26(15-11-24)34-31-36-30(33-18-9-19-46(8,41)44-45(5,6)7)37-32(38-31)35-27-16-12-25(13-17-27)29(40)43-21-23(3)4/h10-17,22-23,41H,9,18-21H2,1-8H3,(H3,33,34,35,36,37,38). The smallest absolute Gasteiger partial charge is 0.338 e. The molecular formula is C32H48N6O6Si2. The minimum absolute atomic E-state index is 0.247. The fourth-order valence-corrected chi connectivity index (χ4v) is 10.7. The minimum atomic E-state index is -2.77. The Morgan fingerprint density at radius 1 is 0.717 bits per heavy atom. The first-order valence-electron chi connectivity index (χ1n) is 15.6.